The summed E-state index contributed by atoms with van der Waals surface area (Å²) in [6.07, 6.45) is 16.5. The Hall–Kier alpha value is -13.1. The van der Waals surface area contributed by atoms with Gasteiger partial charge >= 0.3 is 87.0 Å². The van der Waals surface area contributed by atoms with Gasteiger partial charge in [-0.3, -0.25) is 19.7 Å². The molecule has 19 rings (SSSR count). The van der Waals surface area contributed by atoms with E-state index in [-0.39, 0.29) is 137 Å². The number of nitrogens with two attached hydrogens (primary N) is 3. The van der Waals surface area contributed by atoms with Crippen molar-refractivity contribution in [2.45, 2.75) is 154 Å². The molecule has 718 valence electrons. The smallest absolute Gasteiger partial charge is 0.870 e. The molecule has 0 spiro atoms. The number of hydrogen-bond acceptors (Lipinski definition) is 24. The third-order valence-electron chi connectivity index (χ3n) is 23.2. The normalized spacial score (nSPS) is 13.4. The predicted molar refractivity (Wildman–Crippen MR) is 543 cm³/mol. The summed E-state index contributed by atoms with van der Waals surface area (Å²) in [4.78, 5) is 118. The van der Waals surface area contributed by atoms with Gasteiger partial charge in [-0.2, -0.15) is 10.2 Å². The molecule has 0 saturated heterocycles. The number of anilines is 2. The Labute approximate surface area is 870 Å². The molecule has 3 saturated carbocycles. The van der Waals surface area contributed by atoms with Crippen molar-refractivity contribution in [3.8, 4) is 67.2 Å². The first-order chi connectivity index (χ1) is 65.5. The number of nitrogens with one attached hydrogen (secondary N) is 5. The van der Waals surface area contributed by atoms with Crippen LogP contribution in [0.25, 0.3) is 111 Å². The molecule has 31 nitrogen and oxygen atoms in total. The Bertz CT molecular complexity index is 7230. The quantitative estimate of drug-likeness (QED) is 0.0155. The van der Waals surface area contributed by atoms with E-state index in [1.54, 1.807) is 39.4 Å². The second kappa shape index (κ2) is 46.4. The van der Waals surface area contributed by atoms with Crippen LogP contribution >= 0.6 is 47.2 Å². The van der Waals surface area contributed by atoms with Crippen molar-refractivity contribution in [3.05, 3.63) is 308 Å². The average molecular weight is 2000 g/mol. The monoisotopic (exact) mass is 1990 g/mol. The van der Waals surface area contributed by atoms with E-state index in [4.69, 9.17) is 81.2 Å². The number of hydrogen-bond donors (Lipinski definition) is 8. The van der Waals surface area contributed by atoms with Crippen molar-refractivity contribution in [2.75, 3.05) is 24.7 Å². The molecule has 3 aliphatic carbocycles. The maximum absolute atomic E-state index is 12.6. The Morgan fingerprint density at radius 3 is 1.14 bits per heavy atom. The van der Waals surface area contributed by atoms with Gasteiger partial charge in [-0.1, -0.05) is 199 Å². The van der Waals surface area contributed by atoms with Crippen LogP contribution in [-0.2, 0) is 40.4 Å². The SMILES string of the molecule is CC(C)(C)OC(=O)NC1(c2ccc(-c3nc4ccn5c(=O)[nH]nc5c4cc3-c3ccccc3)cc2)CCC1.CC(C)(C)OC(=O)NC1(c2ccc(-c3nc4ccnc(Cl)c4cc3-c3ccccc3)cc2)CCC1.CC(C)(C)OC(=O)Nc1ccnc(Cl)c1C=O.COC(=O)CN.Cl.NC1(c2ccc(-c3nc4ccn5c(=O)[nH]nc5c4cc3-c3ccccc3)cc2)CCC1.Nc1ccnc(Cl)c1C=O.[K+].[OH-]. The minimum atomic E-state index is -0.650. The first kappa shape index (κ1) is 107. The number of aromatic amines is 2. The molecule has 10 heterocycles. The molecule has 140 heavy (non-hydrogen) atoms. The number of H-pyrrole nitrogens is 2. The number of amides is 3. The number of nitrogen functional groups attached to an aromatic ring is 1. The maximum atomic E-state index is 12.6. The first-order valence-electron chi connectivity index (χ1n) is 44.3. The first-order valence-corrected chi connectivity index (χ1v) is 45.4. The molecule has 12 N–H and O–H groups in total. The summed E-state index contributed by atoms with van der Waals surface area (Å²) in [5, 5.41) is 25.2. The van der Waals surface area contributed by atoms with Gasteiger partial charge in [-0.15, -0.1) is 12.4 Å². The van der Waals surface area contributed by atoms with Crippen LogP contribution in [0.5, 0.6) is 0 Å². The van der Waals surface area contributed by atoms with Gasteiger partial charge in [0.1, 0.15) is 32.3 Å². The van der Waals surface area contributed by atoms with Crippen LogP contribution in [0.4, 0.5) is 25.8 Å². The summed E-state index contributed by atoms with van der Waals surface area (Å²) in [5.41, 5.74) is 32.9. The molecule has 0 radical (unpaired) electrons. The zero-order chi connectivity index (χ0) is 97.7. The number of rotatable bonds is 15. The van der Waals surface area contributed by atoms with Gasteiger partial charge in [0.25, 0.3) is 0 Å². The van der Waals surface area contributed by atoms with Gasteiger partial charge in [0.05, 0.1) is 75.2 Å². The van der Waals surface area contributed by atoms with E-state index in [0.717, 1.165) is 162 Å². The molecule has 10 aromatic heterocycles. The summed E-state index contributed by atoms with van der Waals surface area (Å²) in [7, 11) is 1.30. The molecular weight excluding hydrogens is 1890 g/mol. The summed E-state index contributed by atoms with van der Waals surface area (Å²) in [6, 6.07) is 70.2. The molecular formula is C104H105Cl4KN18O13. The number of fused-ring (bicyclic) bond motifs is 7. The molecule has 3 aliphatic rings. The number of halogens is 4. The van der Waals surface area contributed by atoms with Crippen molar-refractivity contribution in [1.29, 1.82) is 0 Å². The topological polar surface area (TPSA) is 461 Å². The van der Waals surface area contributed by atoms with Gasteiger partial charge in [0, 0.05) is 91.7 Å². The van der Waals surface area contributed by atoms with Crippen LogP contribution < -0.4 is 95.9 Å². The zero-order valence-corrected chi connectivity index (χ0v) is 85.1. The molecule has 0 unspecified atom stereocenters. The molecule has 3 fully saturated rings. The number of ether oxygens (including phenoxy) is 4. The second-order valence-electron chi connectivity index (χ2n) is 36.0. The summed E-state index contributed by atoms with van der Waals surface area (Å²) in [5.74, 6) is -0.380. The fourth-order valence-electron chi connectivity index (χ4n) is 15.9. The van der Waals surface area contributed by atoms with Crippen LogP contribution in [0.3, 0.4) is 0 Å². The number of carbonyl (C=O) groups is 6. The number of nitrogens with zero attached hydrogens (tertiary/aromatic N) is 10. The summed E-state index contributed by atoms with van der Waals surface area (Å²) >= 11 is 17.6. The van der Waals surface area contributed by atoms with E-state index >= 15 is 0 Å². The van der Waals surface area contributed by atoms with Crippen molar-refractivity contribution in [2.24, 2.45) is 11.5 Å². The van der Waals surface area contributed by atoms with E-state index in [1.165, 1.54) is 52.4 Å². The fourth-order valence-corrected chi connectivity index (χ4v) is 16.6. The van der Waals surface area contributed by atoms with E-state index < -0.39 is 34.5 Å². The predicted octanol–water partition coefficient (Wildman–Crippen LogP) is 18.0. The third-order valence-corrected chi connectivity index (χ3v) is 24.1. The minimum absolute atomic E-state index is 0. The minimum Gasteiger partial charge on any atom is -0.870 e. The Kier molecular flexibility index (Phi) is 35.5. The second-order valence-corrected chi connectivity index (χ2v) is 37.1. The van der Waals surface area contributed by atoms with Crippen molar-refractivity contribution < 1.29 is 105 Å². The number of carbonyl (C=O) groups excluding carboxylic acids is 6. The molecule has 16 aromatic rings. The number of esters is 1. The van der Waals surface area contributed by atoms with Gasteiger partial charge in [0.2, 0.25) is 0 Å². The fraction of sp³-hybridized carbons (Fsp3) is 0.250. The molecule has 36 heteroatoms. The standard InChI is InChI=1S/C30H29N5O3.C29H28ClN3O2.C25H21N5O.C11H13ClN2O3.C6H5ClN2O.C3H7NO2.ClH.K.H2O/c1-29(2,3)38-28(37)32-30(15-7-16-30)21-12-10-20(11-13-21)25-22(19-8-5-4-6-9-19)18-23-24(31-25)14-17-35-26(23)33-34-27(35)36;1-28(2,3)35-27(34)33-29(15-7-16-29)21-12-10-20(11-13-21)25-22(19-8-5-4-6-9-19)18-23-24(32-25)14-17-31-26(23)30;26-25(12-4-13-25)18-9-7-17(8-10-18)22-19(16-5-2-1-3-6-16)15-20-21(27-22)11-14-30-23(20)28-29-24(30)31;1-11(2,3)17-10(16)14-8-4-5-13-9(12)7(8)6-15;7-6-4(3-10)5(8)1-2-9-6;1-6-3(5)2-4;;;/h4-6,8-14,17-18H,7,15-16H2,1-3H3,(H,32,37)(H,34,36);4-6,8-14,17-18H,7,15-16H2,1-3H3,(H,33,34);1-3,5-11,14-15H,4,12-13,26H2,(H,29,31);4-6H,1-3H3,(H,13,14,16);1-3H,(H2,8,9);2,4H2,1H3;1H;;1H2/q;;;;;;;+1;/p-1. The number of benzene rings is 6. The molecule has 6 aromatic carbocycles. The van der Waals surface area contributed by atoms with Gasteiger partial charge in [-0.25, -0.2) is 72.9 Å². The summed E-state index contributed by atoms with van der Waals surface area (Å²) in [6.45, 7) is 16.4. The zero-order valence-electron chi connectivity index (χ0n) is 78.9. The Morgan fingerprint density at radius 1 is 0.457 bits per heavy atom. The van der Waals surface area contributed by atoms with Crippen LogP contribution in [0.15, 0.2) is 253 Å². The van der Waals surface area contributed by atoms with Gasteiger partial charge in [-0.05, 0) is 202 Å². The number of methoxy groups -OCH3 is 1. The number of aromatic nitrogens is 12. The molecule has 0 aliphatic heterocycles. The molecule has 3 amide bonds. The third kappa shape index (κ3) is 25.6. The Morgan fingerprint density at radius 2 is 0.807 bits per heavy atom. The van der Waals surface area contributed by atoms with Crippen molar-refractivity contribution in [1.82, 2.24) is 69.7 Å². The van der Waals surface area contributed by atoms with Crippen LogP contribution in [0.2, 0.25) is 15.5 Å². The average Bonchev–Trinajstić information content (AvgIpc) is 1.45. The summed E-state index contributed by atoms with van der Waals surface area (Å²) < 4.78 is 23.2. The number of pyridine rings is 8. The number of alkyl carbamates (subject to hydrolysis) is 2. The van der Waals surface area contributed by atoms with E-state index in [1.807, 2.05) is 133 Å². The molecule has 0 bridgehead atoms. The van der Waals surface area contributed by atoms with Crippen LogP contribution in [0.1, 0.15) is 158 Å². The van der Waals surface area contributed by atoms with Crippen molar-refractivity contribution in [3.63, 3.8) is 0 Å². The largest absolute Gasteiger partial charge is 1.00 e. The maximum Gasteiger partial charge on any atom is 1.00 e. The van der Waals surface area contributed by atoms with E-state index in [9.17, 15) is 38.4 Å². The van der Waals surface area contributed by atoms with Crippen LogP contribution in [0, 0.1) is 0 Å². The van der Waals surface area contributed by atoms with Gasteiger partial charge < -0.3 is 52.3 Å². The number of aldehydes is 2. The van der Waals surface area contributed by atoms with E-state index in [0.29, 0.717) is 34.7 Å². The van der Waals surface area contributed by atoms with Crippen LogP contribution in [-0.4, -0.2) is 132 Å². The van der Waals surface area contributed by atoms with E-state index in [2.05, 4.69) is 165 Å². The van der Waals surface area contributed by atoms with Crippen molar-refractivity contribution >= 4 is 139 Å². The van der Waals surface area contributed by atoms with Gasteiger partial charge in [0.15, 0.2) is 23.9 Å². The molecule has 0 atom stereocenters. The Balaban J connectivity index is 0.000000172.